The van der Waals surface area contributed by atoms with E-state index in [2.05, 4.69) is 0 Å². The van der Waals surface area contributed by atoms with Gasteiger partial charge >= 0.3 is 0 Å². The van der Waals surface area contributed by atoms with E-state index in [0.29, 0.717) is 5.54 Å². The summed E-state index contributed by atoms with van der Waals surface area (Å²) in [6.45, 7) is 7.49. The van der Waals surface area contributed by atoms with Crippen LogP contribution in [-0.4, -0.2) is 8.32 Å². The number of hydrogen-bond acceptors (Lipinski definition) is 1. The molecule has 0 N–H and O–H groups in total. The summed E-state index contributed by atoms with van der Waals surface area (Å²) in [6, 6.07) is 0. The monoisotopic (exact) mass is 147 g/mol. The summed E-state index contributed by atoms with van der Waals surface area (Å²) in [7, 11) is -1.89. The first-order valence-electron chi connectivity index (χ1n) is 4.60. The van der Waals surface area contributed by atoms with Crippen LogP contribution in [0.5, 0.6) is 0 Å². The number of rotatable bonds is 3. The first-order valence-corrected chi connectivity index (χ1v) is 6.09. The van der Waals surface area contributed by atoms with Gasteiger partial charge < -0.3 is 4.43 Å². The summed E-state index contributed by atoms with van der Waals surface area (Å²) in [6.07, 6.45) is -0.305. The van der Waals surface area contributed by atoms with Crippen molar-refractivity contribution < 1.29 is 8.54 Å². The zero-order valence-electron chi connectivity index (χ0n) is 9.49. The standard InChI is InChI=1S/C7H16OSi/c1-6-8-9(4,5)7(2)3/h6-7H,1H2,2-5H3/i1D2,6D. The molecule has 0 saturated carbocycles. The molecule has 0 fully saturated rings. The minimum absolute atomic E-state index is 0.305. The van der Waals surface area contributed by atoms with Crippen LogP contribution in [0.25, 0.3) is 0 Å². The third kappa shape index (κ3) is 2.70. The molecule has 0 aromatic rings. The molecular weight excluding hydrogens is 128 g/mol. The van der Waals surface area contributed by atoms with Crippen LogP contribution < -0.4 is 0 Å². The largest absolute Gasteiger partial charge is 0.550 e. The molecule has 54 valence electrons. The van der Waals surface area contributed by atoms with Crippen molar-refractivity contribution in [3.8, 4) is 0 Å². The lowest BCUT2D eigenvalue weighted by atomic mass is 10.6. The van der Waals surface area contributed by atoms with Gasteiger partial charge in [0, 0.05) is 0 Å². The van der Waals surface area contributed by atoms with Crippen LogP contribution in [0.2, 0.25) is 18.6 Å². The lowest BCUT2D eigenvalue weighted by Gasteiger charge is -2.24. The Labute approximate surface area is 63.1 Å². The second kappa shape index (κ2) is 3.06. The fourth-order valence-corrected chi connectivity index (χ4v) is 0.748. The first-order chi connectivity index (χ1) is 5.27. The van der Waals surface area contributed by atoms with Crippen molar-refractivity contribution in [3.63, 3.8) is 0 Å². The maximum Gasteiger partial charge on any atom is 0.246 e. The quantitative estimate of drug-likeness (QED) is 0.440. The zero-order chi connectivity index (χ0) is 9.94. The van der Waals surface area contributed by atoms with Crippen molar-refractivity contribution in [2.75, 3.05) is 0 Å². The molecule has 0 spiro atoms. The molecule has 0 rings (SSSR count). The molecule has 0 aliphatic carbocycles. The summed E-state index contributed by atoms with van der Waals surface area (Å²) in [5, 5.41) is 0. The molecule has 1 nitrogen and oxygen atoms in total. The zero-order valence-corrected chi connectivity index (χ0v) is 7.49. The van der Waals surface area contributed by atoms with Crippen LogP contribution in [0.1, 0.15) is 18.0 Å². The fourth-order valence-electron chi connectivity index (χ4n) is 0.249. The van der Waals surface area contributed by atoms with Crippen LogP contribution in [0, 0.1) is 0 Å². The first kappa shape index (κ1) is 4.55. The SMILES string of the molecule is [2H]C([2H])=C([2H])O[Si](C)(C)C(C)C. The van der Waals surface area contributed by atoms with Gasteiger partial charge in [-0.05, 0) is 18.6 Å². The van der Waals surface area contributed by atoms with E-state index in [9.17, 15) is 0 Å². The molecule has 0 atom stereocenters. The molecule has 0 radical (unpaired) electrons. The van der Waals surface area contributed by atoms with Crippen molar-refractivity contribution in [2.24, 2.45) is 0 Å². The fraction of sp³-hybridized carbons (Fsp3) is 0.714. The molecule has 0 aromatic carbocycles. The van der Waals surface area contributed by atoms with Crippen molar-refractivity contribution in [1.29, 1.82) is 0 Å². The Morgan fingerprint density at radius 3 is 2.67 bits per heavy atom. The average Bonchev–Trinajstić information content (AvgIpc) is 1.85. The highest BCUT2D eigenvalue weighted by atomic mass is 28.4. The summed E-state index contributed by atoms with van der Waals surface area (Å²) < 4.78 is 26.2. The molecule has 9 heavy (non-hydrogen) atoms. The van der Waals surface area contributed by atoms with Crippen LogP contribution in [0.4, 0.5) is 0 Å². The smallest absolute Gasteiger partial charge is 0.246 e. The van der Waals surface area contributed by atoms with Crippen LogP contribution in [0.3, 0.4) is 0 Å². The van der Waals surface area contributed by atoms with E-state index in [4.69, 9.17) is 8.54 Å². The van der Waals surface area contributed by atoms with Gasteiger partial charge in [-0.2, -0.15) is 0 Å². The minimum atomic E-state index is -1.89. The average molecular weight is 147 g/mol. The van der Waals surface area contributed by atoms with E-state index < -0.39 is 14.8 Å². The van der Waals surface area contributed by atoms with Gasteiger partial charge in [0.15, 0.2) is 0 Å². The van der Waals surface area contributed by atoms with Crippen LogP contribution in [0.15, 0.2) is 12.8 Å². The highest BCUT2D eigenvalue weighted by Gasteiger charge is 2.26. The van der Waals surface area contributed by atoms with Crippen molar-refractivity contribution >= 4 is 8.32 Å². The normalized spacial score (nSPS) is 15.9. The predicted molar refractivity (Wildman–Crippen MR) is 43.9 cm³/mol. The van der Waals surface area contributed by atoms with Gasteiger partial charge in [0.25, 0.3) is 0 Å². The van der Waals surface area contributed by atoms with Gasteiger partial charge in [0.05, 0.1) is 8.98 Å². The second-order valence-electron chi connectivity index (χ2n) is 2.96. The number of hydrogen-bond donors (Lipinski definition) is 0. The van der Waals surface area contributed by atoms with Crippen LogP contribution >= 0.6 is 0 Å². The molecular formula is C7H16OSi. The summed E-state index contributed by atoms with van der Waals surface area (Å²) in [4.78, 5) is 0. The third-order valence-electron chi connectivity index (χ3n) is 1.70. The molecule has 0 aliphatic rings. The van der Waals surface area contributed by atoms with Crippen molar-refractivity contribution in [3.05, 3.63) is 12.8 Å². The molecule has 0 heterocycles. The maximum absolute atomic E-state index is 7.19. The van der Waals surface area contributed by atoms with Gasteiger partial charge in [-0.1, -0.05) is 20.4 Å². The van der Waals surface area contributed by atoms with E-state index in [1.807, 2.05) is 26.9 Å². The Morgan fingerprint density at radius 1 is 1.78 bits per heavy atom. The Morgan fingerprint density at radius 2 is 2.33 bits per heavy atom. The lowest BCUT2D eigenvalue weighted by Crippen LogP contribution is -2.31. The predicted octanol–water partition coefficient (Wildman–Crippen LogP) is 2.76. The molecule has 0 unspecified atom stereocenters. The summed E-state index contributed by atoms with van der Waals surface area (Å²) >= 11 is 0. The van der Waals surface area contributed by atoms with Gasteiger partial charge in [0.2, 0.25) is 8.32 Å². The third-order valence-corrected chi connectivity index (χ3v) is 5.11. The molecule has 2 heteroatoms. The topological polar surface area (TPSA) is 9.23 Å². The Kier molecular flexibility index (Phi) is 1.55. The van der Waals surface area contributed by atoms with Gasteiger partial charge in [0.1, 0.15) is 1.37 Å². The second-order valence-corrected chi connectivity index (χ2v) is 7.53. The minimum Gasteiger partial charge on any atom is -0.550 e. The Balaban J connectivity index is 4.36. The Bertz CT molecular complexity index is 185. The van der Waals surface area contributed by atoms with Crippen LogP contribution in [-0.2, 0) is 4.43 Å². The van der Waals surface area contributed by atoms with Gasteiger partial charge in [-0.3, -0.25) is 0 Å². The molecule has 0 aliphatic heterocycles. The van der Waals surface area contributed by atoms with E-state index in [1.165, 1.54) is 0 Å². The summed E-state index contributed by atoms with van der Waals surface area (Å²) in [5.41, 5.74) is 0.386. The van der Waals surface area contributed by atoms with E-state index in [-0.39, 0.29) is 6.24 Å². The van der Waals surface area contributed by atoms with E-state index >= 15 is 0 Å². The lowest BCUT2D eigenvalue weighted by molar-refractivity contribution is 0.462. The molecule has 0 amide bonds. The van der Waals surface area contributed by atoms with Crippen molar-refractivity contribution in [1.82, 2.24) is 0 Å². The van der Waals surface area contributed by atoms with E-state index in [0.717, 1.165) is 0 Å². The molecule has 0 saturated heterocycles. The molecule has 0 aromatic heterocycles. The van der Waals surface area contributed by atoms with Gasteiger partial charge in [-0.15, -0.1) is 0 Å². The highest BCUT2D eigenvalue weighted by Crippen LogP contribution is 2.20. The highest BCUT2D eigenvalue weighted by molar-refractivity contribution is 6.72. The van der Waals surface area contributed by atoms with Crippen molar-refractivity contribution in [2.45, 2.75) is 32.5 Å². The maximum atomic E-state index is 7.19. The molecule has 0 bridgehead atoms. The van der Waals surface area contributed by atoms with E-state index in [1.54, 1.807) is 0 Å². The Hall–Kier alpha value is -0.243. The van der Waals surface area contributed by atoms with Gasteiger partial charge in [-0.25, -0.2) is 0 Å². The summed E-state index contributed by atoms with van der Waals surface area (Å²) in [5.74, 6) is 0.